The number of hydrogen-bond acceptors (Lipinski definition) is 7. The Kier molecular flexibility index (Phi) is 5.43. The third-order valence-corrected chi connectivity index (χ3v) is 9.43. The Bertz CT molecular complexity index is 966. The van der Waals surface area contributed by atoms with Gasteiger partial charge >= 0.3 is 5.97 Å². The maximum absolute atomic E-state index is 12.8. The van der Waals surface area contributed by atoms with Crippen molar-refractivity contribution < 1.29 is 32.5 Å². The zero-order valence-electron chi connectivity index (χ0n) is 15.7. The highest BCUT2D eigenvalue weighted by molar-refractivity contribution is 8.06. The molecule has 1 aromatic carbocycles. The molecule has 2 aliphatic heterocycles. The number of carboxylic acid groups (broad SMARTS) is 1. The first-order valence-corrected chi connectivity index (χ1v) is 12.1. The van der Waals surface area contributed by atoms with E-state index in [1.165, 1.54) is 40.9 Å². The minimum atomic E-state index is -4.79. The average Bonchev–Trinajstić information content (AvgIpc) is 2.84. The summed E-state index contributed by atoms with van der Waals surface area (Å²) >= 11 is 2.25. The number of carbonyl (C=O) groups excluding carboxylic acids is 2. The molecule has 158 valence electrons. The van der Waals surface area contributed by atoms with Gasteiger partial charge in [0.15, 0.2) is 5.25 Å². The number of benzene rings is 1. The van der Waals surface area contributed by atoms with Crippen LogP contribution in [-0.2, 0) is 24.5 Å². The highest BCUT2D eigenvalue weighted by Crippen LogP contribution is 2.60. The first-order valence-electron chi connectivity index (χ1n) is 8.49. The number of amides is 2. The molecule has 29 heavy (non-hydrogen) atoms. The third kappa shape index (κ3) is 3.22. The van der Waals surface area contributed by atoms with Gasteiger partial charge in [-0.05, 0) is 25.7 Å². The minimum Gasteiger partial charge on any atom is -0.479 e. The quantitative estimate of drug-likeness (QED) is 0.418. The molecule has 0 aliphatic carbocycles. The molecule has 2 aliphatic rings. The van der Waals surface area contributed by atoms with Crippen molar-refractivity contribution >= 4 is 51.4 Å². The summed E-state index contributed by atoms with van der Waals surface area (Å²) in [5, 5.41) is 9.65. The number of fused-ring (bicyclic) bond motifs is 1. The normalized spacial score (nSPS) is 29.0. The molecule has 4 atom stereocenters. The van der Waals surface area contributed by atoms with Crippen LogP contribution in [0.25, 0.3) is 0 Å². The van der Waals surface area contributed by atoms with Gasteiger partial charge in [0.05, 0.1) is 4.75 Å². The maximum Gasteiger partial charge on any atom is 0.341 e. The van der Waals surface area contributed by atoms with Gasteiger partial charge < -0.3 is 15.3 Å². The molecule has 12 heteroatoms. The Morgan fingerprint density at radius 3 is 2.34 bits per heavy atom. The van der Waals surface area contributed by atoms with E-state index in [1.807, 2.05) is 0 Å². The molecule has 0 aromatic heterocycles. The number of nitrogens with zero attached hydrogens (tertiary/aromatic N) is 1. The molecular formula is C17H20N2O7S3. The van der Waals surface area contributed by atoms with Crippen LogP contribution >= 0.6 is 23.5 Å². The second-order valence-electron chi connectivity index (χ2n) is 7.17. The number of aliphatic carboxylic acids is 1. The lowest BCUT2D eigenvalue weighted by molar-refractivity contribution is -0.163. The Morgan fingerprint density at radius 2 is 1.86 bits per heavy atom. The van der Waals surface area contributed by atoms with Crippen molar-refractivity contribution in [2.24, 2.45) is 0 Å². The molecule has 2 amide bonds. The smallest absolute Gasteiger partial charge is 0.341 e. The van der Waals surface area contributed by atoms with Crippen molar-refractivity contribution in [3.63, 3.8) is 0 Å². The molecule has 3 rings (SSSR count). The summed E-state index contributed by atoms with van der Waals surface area (Å²) in [6.45, 7) is 3.41. The van der Waals surface area contributed by atoms with Crippen molar-refractivity contribution in [2.75, 3.05) is 6.26 Å². The Hall–Kier alpha value is -1.76. The number of nitrogens with one attached hydrogen (secondary N) is 1. The van der Waals surface area contributed by atoms with Gasteiger partial charge in [0.1, 0.15) is 11.4 Å². The molecule has 9 nitrogen and oxygen atoms in total. The van der Waals surface area contributed by atoms with Crippen molar-refractivity contribution in [2.45, 2.75) is 40.1 Å². The molecule has 2 fully saturated rings. The highest BCUT2D eigenvalue weighted by atomic mass is 32.2. The van der Waals surface area contributed by atoms with E-state index in [0.717, 1.165) is 11.8 Å². The van der Waals surface area contributed by atoms with E-state index in [2.05, 4.69) is 5.32 Å². The summed E-state index contributed by atoms with van der Waals surface area (Å²) in [5.74, 6) is -2.82. The molecule has 2 heterocycles. The van der Waals surface area contributed by atoms with Gasteiger partial charge in [-0.15, -0.1) is 23.5 Å². The van der Waals surface area contributed by atoms with E-state index in [4.69, 9.17) is 0 Å². The lowest BCUT2D eigenvalue weighted by Gasteiger charge is -2.49. The van der Waals surface area contributed by atoms with Crippen LogP contribution in [0.15, 0.2) is 30.3 Å². The van der Waals surface area contributed by atoms with Crippen LogP contribution in [0.3, 0.4) is 0 Å². The van der Waals surface area contributed by atoms with Crippen LogP contribution in [0.1, 0.15) is 24.7 Å². The van der Waals surface area contributed by atoms with E-state index >= 15 is 0 Å². The van der Waals surface area contributed by atoms with Gasteiger partial charge in [-0.25, -0.2) is 4.79 Å². The van der Waals surface area contributed by atoms with Crippen molar-refractivity contribution in [3.05, 3.63) is 35.9 Å². The lowest BCUT2D eigenvalue weighted by atomic mass is 9.95. The Labute approximate surface area is 176 Å². The number of thioether (sulfide) groups is 2. The summed E-state index contributed by atoms with van der Waals surface area (Å²) in [6, 6.07) is 6.33. The predicted molar refractivity (Wildman–Crippen MR) is 109 cm³/mol. The Balaban J connectivity index is 1.88. The molecule has 1 aromatic rings. The first-order chi connectivity index (χ1) is 13.4. The Morgan fingerprint density at radius 1 is 1.28 bits per heavy atom. The van der Waals surface area contributed by atoms with Crippen LogP contribution in [0, 0.1) is 0 Å². The average molecular weight is 461 g/mol. The molecule has 0 saturated carbocycles. The van der Waals surface area contributed by atoms with Gasteiger partial charge in [0, 0.05) is 0 Å². The summed E-state index contributed by atoms with van der Waals surface area (Å²) in [7, 11) is -4.79. The summed E-state index contributed by atoms with van der Waals surface area (Å²) < 4.78 is 32.4. The summed E-state index contributed by atoms with van der Waals surface area (Å²) in [6.07, 6.45) is 1.60. The third-order valence-electron chi connectivity index (χ3n) is 5.14. The maximum atomic E-state index is 12.8. The summed E-state index contributed by atoms with van der Waals surface area (Å²) in [5.41, 5.74) is 0.0551. The number of β-lactam (4-membered cyclic amide) rings is 1. The van der Waals surface area contributed by atoms with E-state index < -0.39 is 54.2 Å². The van der Waals surface area contributed by atoms with Crippen molar-refractivity contribution in [1.82, 2.24) is 10.2 Å². The van der Waals surface area contributed by atoms with Crippen LogP contribution < -0.4 is 5.32 Å². The van der Waals surface area contributed by atoms with Gasteiger partial charge in [0.2, 0.25) is 10.8 Å². The van der Waals surface area contributed by atoms with Gasteiger partial charge in [-0.1, -0.05) is 30.3 Å². The van der Waals surface area contributed by atoms with E-state index in [0.29, 0.717) is 0 Å². The molecule has 0 unspecified atom stereocenters. The fraction of sp³-hybridized carbons (Fsp3) is 0.471. The van der Waals surface area contributed by atoms with Gasteiger partial charge in [0.25, 0.3) is 16.0 Å². The molecule has 0 spiro atoms. The van der Waals surface area contributed by atoms with Crippen LogP contribution in [-0.4, -0.2) is 68.1 Å². The van der Waals surface area contributed by atoms with Gasteiger partial charge in [-0.3, -0.25) is 14.1 Å². The molecular weight excluding hydrogens is 440 g/mol. The molecule has 0 radical (unpaired) electrons. The zero-order valence-corrected chi connectivity index (χ0v) is 18.2. The molecule has 2 saturated heterocycles. The predicted octanol–water partition coefficient (Wildman–Crippen LogP) is 0.938. The topological polar surface area (TPSA) is 141 Å². The van der Waals surface area contributed by atoms with Gasteiger partial charge in [-0.2, -0.15) is 8.42 Å². The second kappa shape index (κ2) is 7.18. The monoisotopic (exact) mass is 460 g/mol. The zero-order chi connectivity index (χ0) is 21.8. The SMILES string of the molecule is CS[C@@]1(C(=O)O)N2C(=O)[C@@H](NC(=O)[C@@H](c3ccccc3)S(=O)(=O)O)[C@H]2SC1(C)C. The summed E-state index contributed by atoms with van der Waals surface area (Å²) in [4.78, 5) is 37.2. The highest BCUT2D eigenvalue weighted by Gasteiger charge is 2.73. The van der Waals surface area contributed by atoms with Crippen molar-refractivity contribution in [1.29, 1.82) is 0 Å². The lowest BCUT2D eigenvalue weighted by Crippen LogP contribution is -2.74. The number of carbonyl (C=O) groups is 3. The second-order valence-corrected chi connectivity index (χ2v) is 11.4. The minimum absolute atomic E-state index is 0.0551. The number of hydrogen-bond donors (Lipinski definition) is 3. The standard InChI is InChI=1S/C17H20N2O7S3/c1-16(2)17(27-3,15(22)23)19-13(21)10(14(19)28-16)18-12(20)11(29(24,25)26)9-7-5-4-6-8-9/h4-8,10-11,14H,1-3H3,(H,18,20)(H,22,23)(H,24,25,26)/t10-,11-,14-,17-/m1/s1. The first kappa shape index (κ1) is 21.9. The van der Waals surface area contributed by atoms with Crippen LogP contribution in [0.5, 0.6) is 0 Å². The van der Waals surface area contributed by atoms with Crippen LogP contribution in [0.2, 0.25) is 0 Å². The van der Waals surface area contributed by atoms with Crippen molar-refractivity contribution in [3.8, 4) is 0 Å². The van der Waals surface area contributed by atoms with Crippen LogP contribution in [0.4, 0.5) is 0 Å². The molecule has 3 N–H and O–H groups in total. The number of carboxylic acids is 1. The fourth-order valence-corrected chi connectivity index (χ4v) is 7.84. The number of rotatable bonds is 6. The van der Waals surface area contributed by atoms with E-state index in [1.54, 1.807) is 26.2 Å². The largest absolute Gasteiger partial charge is 0.479 e. The fourth-order valence-electron chi connectivity index (χ4n) is 3.83. The molecule has 0 bridgehead atoms. The van der Waals surface area contributed by atoms with E-state index in [-0.39, 0.29) is 5.56 Å². The van der Waals surface area contributed by atoms with E-state index in [9.17, 15) is 32.5 Å².